The molecule has 0 fully saturated rings. The van der Waals surface area contributed by atoms with Crippen LogP contribution in [-0.2, 0) is 16.1 Å². The number of aryl methyl sites for hydroxylation is 1. The predicted molar refractivity (Wildman–Crippen MR) is 48.2 cm³/mol. The molecular weight excluding hydrogens is 187 g/mol. The quantitative estimate of drug-likeness (QED) is 0.552. The van der Waals surface area contributed by atoms with Crippen molar-refractivity contribution >= 4 is 5.97 Å². The summed E-state index contributed by atoms with van der Waals surface area (Å²) in [6.45, 7) is 3.09. The highest BCUT2D eigenvalue weighted by Gasteiger charge is 2.05. The van der Waals surface area contributed by atoms with E-state index in [4.69, 9.17) is 4.89 Å². The molecule has 0 atom stereocenters. The second-order valence-corrected chi connectivity index (χ2v) is 2.76. The van der Waals surface area contributed by atoms with Gasteiger partial charge in [0.2, 0.25) is 0 Å². The van der Waals surface area contributed by atoms with Gasteiger partial charge in [-0.25, -0.2) is 9.18 Å². The van der Waals surface area contributed by atoms with Gasteiger partial charge in [0.15, 0.2) is 5.75 Å². The Hall–Kier alpha value is -1.58. The van der Waals surface area contributed by atoms with Crippen LogP contribution >= 0.6 is 0 Å². The van der Waals surface area contributed by atoms with Crippen LogP contribution in [0.15, 0.2) is 18.2 Å². The van der Waals surface area contributed by atoms with Gasteiger partial charge in [-0.15, -0.1) is 0 Å². The standard InChI is InChI=1S/C10H11FO3/c1-3-8-6-9(11)4-5-10(8)14-13-7(2)12/h4-6H,3H2,1-2H3. The SMILES string of the molecule is CCc1cc(F)ccc1OOC(C)=O. The summed E-state index contributed by atoms with van der Waals surface area (Å²) in [6, 6.07) is 4.02. The van der Waals surface area contributed by atoms with E-state index in [1.165, 1.54) is 25.1 Å². The minimum atomic E-state index is -0.545. The molecule has 0 saturated carbocycles. The molecule has 1 rings (SSSR count). The van der Waals surface area contributed by atoms with Crippen LogP contribution < -0.4 is 4.89 Å². The fraction of sp³-hybridized carbons (Fsp3) is 0.300. The van der Waals surface area contributed by atoms with Gasteiger partial charge in [-0.1, -0.05) is 6.92 Å². The van der Waals surface area contributed by atoms with Crippen LogP contribution in [0, 0.1) is 5.82 Å². The van der Waals surface area contributed by atoms with Crippen LogP contribution in [-0.4, -0.2) is 5.97 Å². The molecule has 0 radical (unpaired) electrons. The molecule has 0 bridgehead atoms. The maximum Gasteiger partial charge on any atom is 0.352 e. The van der Waals surface area contributed by atoms with Crippen molar-refractivity contribution in [2.24, 2.45) is 0 Å². The van der Waals surface area contributed by atoms with Gasteiger partial charge in [0.25, 0.3) is 0 Å². The maximum absolute atomic E-state index is 12.8. The molecule has 0 aliphatic rings. The molecule has 14 heavy (non-hydrogen) atoms. The first-order chi connectivity index (χ1) is 6.63. The molecule has 0 heterocycles. The lowest BCUT2D eigenvalue weighted by molar-refractivity contribution is -0.211. The van der Waals surface area contributed by atoms with Crippen LogP contribution in [0.5, 0.6) is 5.75 Å². The summed E-state index contributed by atoms with van der Waals surface area (Å²) in [7, 11) is 0. The van der Waals surface area contributed by atoms with Gasteiger partial charge in [0.1, 0.15) is 5.82 Å². The van der Waals surface area contributed by atoms with E-state index in [9.17, 15) is 9.18 Å². The van der Waals surface area contributed by atoms with E-state index in [-0.39, 0.29) is 5.82 Å². The molecule has 1 aromatic rings. The third kappa shape index (κ3) is 2.73. The summed E-state index contributed by atoms with van der Waals surface area (Å²) in [4.78, 5) is 19.5. The summed E-state index contributed by atoms with van der Waals surface area (Å²) in [5, 5.41) is 0. The zero-order valence-corrected chi connectivity index (χ0v) is 8.04. The van der Waals surface area contributed by atoms with Gasteiger partial charge in [-0.05, 0) is 24.6 Å². The lowest BCUT2D eigenvalue weighted by Gasteiger charge is -2.06. The Kier molecular flexibility index (Phi) is 3.45. The molecule has 76 valence electrons. The molecule has 1 aromatic carbocycles. The number of carbonyl (C=O) groups excluding carboxylic acids is 1. The summed E-state index contributed by atoms with van der Waals surface area (Å²) in [5.41, 5.74) is 0.659. The van der Waals surface area contributed by atoms with Crippen molar-refractivity contribution in [3.63, 3.8) is 0 Å². The Balaban J connectivity index is 2.80. The third-order valence-corrected chi connectivity index (χ3v) is 1.65. The van der Waals surface area contributed by atoms with Crippen LogP contribution in [0.2, 0.25) is 0 Å². The van der Waals surface area contributed by atoms with Crippen LogP contribution in [0.1, 0.15) is 19.4 Å². The van der Waals surface area contributed by atoms with E-state index >= 15 is 0 Å². The van der Waals surface area contributed by atoms with Crippen molar-refractivity contribution in [3.8, 4) is 5.75 Å². The number of benzene rings is 1. The van der Waals surface area contributed by atoms with E-state index in [0.29, 0.717) is 17.7 Å². The fourth-order valence-electron chi connectivity index (χ4n) is 1.01. The molecule has 0 aromatic heterocycles. The molecule has 0 amide bonds. The van der Waals surface area contributed by atoms with Crippen molar-refractivity contribution in [2.75, 3.05) is 0 Å². The van der Waals surface area contributed by atoms with Crippen molar-refractivity contribution in [3.05, 3.63) is 29.6 Å². The van der Waals surface area contributed by atoms with E-state index in [1.807, 2.05) is 6.92 Å². The first-order valence-corrected chi connectivity index (χ1v) is 4.27. The Bertz CT molecular complexity index is 336. The molecule has 0 unspecified atom stereocenters. The van der Waals surface area contributed by atoms with Crippen molar-refractivity contribution in [2.45, 2.75) is 20.3 Å². The molecule has 3 nitrogen and oxygen atoms in total. The molecule has 0 aliphatic heterocycles. The Morgan fingerprint density at radius 2 is 2.21 bits per heavy atom. The van der Waals surface area contributed by atoms with E-state index in [2.05, 4.69) is 4.89 Å². The summed E-state index contributed by atoms with van der Waals surface area (Å²) in [5.74, 6) is -0.516. The summed E-state index contributed by atoms with van der Waals surface area (Å²) >= 11 is 0. The van der Waals surface area contributed by atoms with Crippen LogP contribution in [0.25, 0.3) is 0 Å². The molecule has 4 heteroatoms. The zero-order chi connectivity index (χ0) is 10.6. The average molecular weight is 198 g/mol. The first kappa shape index (κ1) is 10.5. The lowest BCUT2D eigenvalue weighted by atomic mass is 10.1. The Morgan fingerprint density at radius 3 is 2.79 bits per heavy atom. The van der Waals surface area contributed by atoms with Crippen LogP contribution in [0.3, 0.4) is 0 Å². The molecule has 0 N–H and O–H groups in total. The Morgan fingerprint density at radius 1 is 1.50 bits per heavy atom. The van der Waals surface area contributed by atoms with Crippen LogP contribution in [0.4, 0.5) is 4.39 Å². The van der Waals surface area contributed by atoms with E-state index in [0.717, 1.165) is 0 Å². The molecular formula is C10H11FO3. The average Bonchev–Trinajstić information content (AvgIpc) is 2.15. The monoisotopic (exact) mass is 198 g/mol. The van der Waals surface area contributed by atoms with Gasteiger partial charge in [-0.2, -0.15) is 0 Å². The minimum absolute atomic E-state index is 0.336. The van der Waals surface area contributed by atoms with Gasteiger partial charge in [-0.3, -0.25) is 9.78 Å². The normalized spacial score (nSPS) is 9.64. The molecule has 0 saturated heterocycles. The van der Waals surface area contributed by atoms with E-state index < -0.39 is 5.97 Å². The van der Waals surface area contributed by atoms with Gasteiger partial charge >= 0.3 is 5.97 Å². The number of halogens is 1. The second kappa shape index (κ2) is 4.60. The largest absolute Gasteiger partial charge is 0.352 e. The first-order valence-electron chi connectivity index (χ1n) is 4.27. The van der Waals surface area contributed by atoms with E-state index in [1.54, 1.807) is 0 Å². The number of hydrogen-bond donors (Lipinski definition) is 0. The van der Waals surface area contributed by atoms with Crippen molar-refractivity contribution in [1.82, 2.24) is 0 Å². The third-order valence-electron chi connectivity index (χ3n) is 1.65. The van der Waals surface area contributed by atoms with Crippen molar-refractivity contribution < 1.29 is 19.0 Å². The van der Waals surface area contributed by atoms with Gasteiger partial charge in [0.05, 0.1) is 0 Å². The smallest absolute Gasteiger partial charge is 0.287 e. The van der Waals surface area contributed by atoms with Gasteiger partial charge in [0, 0.05) is 12.5 Å². The second-order valence-electron chi connectivity index (χ2n) is 2.76. The molecule has 0 aliphatic carbocycles. The fourth-order valence-corrected chi connectivity index (χ4v) is 1.01. The highest BCUT2D eigenvalue weighted by molar-refractivity contribution is 5.65. The topological polar surface area (TPSA) is 35.5 Å². The zero-order valence-electron chi connectivity index (χ0n) is 8.04. The highest BCUT2D eigenvalue weighted by Crippen LogP contribution is 2.20. The predicted octanol–water partition coefficient (Wildman–Crippen LogP) is 2.25. The molecule has 0 spiro atoms. The summed E-state index contributed by atoms with van der Waals surface area (Å²) in [6.07, 6.45) is 0.606. The van der Waals surface area contributed by atoms with Crippen molar-refractivity contribution in [1.29, 1.82) is 0 Å². The maximum atomic E-state index is 12.8. The number of rotatable bonds is 3. The number of hydrogen-bond acceptors (Lipinski definition) is 3. The Labute approximate surface area is 81.4 Å². The lowest BCUT2D eigenvalue weighted by Crippen LogP contribution is -2.04. The minimum Gasteiger partial charge on any atom is -0.287 e. The number of carbonyl (C=O) groups is 1. The summed E-state index contributed by atoms with van der Waals surface area (Å²) < 4.78 is 12.8. The highest BCUT2D eigenvalue weighted by atomic mass is 19.1. The van der Waals surface area contributed by atoms with Gasteiger partial charge < -0.3 is 0 Å².